The summed E-state index contributed by atoms with van der Waals surface area (Å²) < 4.78 is 0. The molecule has 0 radical (unpaired) electrons. The van der Waals surface area contributed by atoms with Crippen LogP contribution in [0.5, 0.6) is 5.75 Å². The van der Waals surface area contributed by atoms with E-state index in [0.717, 1.165) is 48.8 Å². The fourth-order valence-corrected chi connectivity index (χ4v) is 4.78. The Bertz CT molecular complexity index is 678. The highest BCUT2D eigenvalue weighted by Gasteiger charge is 2.50. The molecule has 3 aliphatic carbocycles. The summed E-state index contributed by atoms with van der Waals surface area (Å²) in [6.07, 6.45) is 6.74. The van der Waals surface area contributed by atoms with Gasteiger partial charge >= 0.3 is 0 Å². The van der Waals surface area contributed by atoms with E-state index >= 15 is 0 Å². The summed E-state index contributed by atoms with van der Waals surface area (Å²) in [6, 6.07) is 1.71. The van der Waals surface area contributed by atoms with E-state index in [4.69, 9.17) is 23.2 Å². The average Bonchev–Trinajstić information content (AvgIpc) is 2.70. The second-order valence-electron chi connectivity index (χ2n) is 6.27. The van der Waals surface area contributed by atoms with Crippen molar-refractivity contribution in [2.24, 2.45) is 11.3 Å². The number of phenolic OH excluding ortho intramolecular Hbond substituents is 1. The number of rotatable bonds is 0. The molecule has 1 aromatic rings. The molecule has 1 fully saturated rings. The summed E-state index contributed by atoms with van der Waals surface area (Å²) in [5, 5.41) is 10.4. The fourth-order valence-electron chi connectivity index (χ4n) is 4.32. The third-order valence-electron chi connectivity index (χ3n) is 5.17. The smallest absolute Gasteiger partial charge is 0.159 e. The molecule has 0 aliphatic heterocycles. The maximum atomic E-state index is 12.2. The Morgan fingerprint density at radius 2 is 2.10 bits per heavy atom. The van der Waals surface area contributed by atoms with E-state index in [2.05, 4.69) is 0 Å². The first-order chi connectivity index (χ1) is 9.52. The van der Waals surface area contributed by atoms with Crippen LogP contribution in [0.25, 0.3) is 5.57 Å². The van der Waals surface area contributed by atoms with Crippen LogP contribution in [0.15, 0.2) is 12.1 Å². The molecule has 1 aromatic carbocycles. The van der Waals surface area contributed by atoms with Crippen LogP contribution in [0, 0.1) is 11.3 Å². The van der Waals surface area contributed by atoms with Gasteiger partial charge in [0.2, 0.25) is 0 Å². The largest absolute Gasteiger partial charge is 0.506 e. The number of halogens is 2. The molecule has 0 amide bonds. The second-order valence-corrected chi connectivity index (χ2v) is 7.02. The molecule has 1 N–H and O–H groups in total. The van der Waals surface area contributed by atoms with Crippen LogP contribution in [0.1, 0.15) is 36.8 Å². The highest BCUT2D eigenvalue weighted by Crippen LogP contribution is 2.61. The summed E-state index contributed by atoms with van der Waals surface area (Å²) in [7, 11) is 0. The Morgan fingerprint density at radius 3 is 2.90 bits per heavy atom. The molecule has 2 atom stereocenters. The lowest BCUT2D eigenvalue weighted by molar-refractivity contribution is -0.120. The van der Waals surface area contributed by atoms with E-state index in [-0.39, 0.29) is 27.9 Å². The Balaban J connectivity index is 1.98. The van der Waals surface area contributed by atoms with Crippen molar-refractivity contribution in [3.63, 3.8) is 0 Å². The predicted octanol–water partition coefficient (Wildman–Crippen LogP) is 4.40. The van der Waals surface area contributed by atoms with Crippen molar-refractivity contribution in [2.45, 2.75) is 32.1 Å². The molecule has 0 heterocycles. The number of aromatic hydroxyl groups is 1. The summed E-state index contributed by atoms with van der Waals surface area (Å²) in [5.41, 5.74) is 3.02. The molecule has 4 heteroatoms. The Labute approximate surface area is 127 Å². The Morgan fingerprint density at radius 1 is 1.30 bits per heavy atom. The van der Waals surface area contributed by atoms with Crippen molar-refractivity contribution in [3.8, 4) is 5.75 Å². The monoisotopic (exact) mass is 308 g/mol. The van der Waals surface area contributed by atoms with Gasteiger partial charge in [0, 0.05) is 16.9 Å². The van der Waals surface area contributed by atoms with Gasteiger partial charge in [0.15, 0.2) is 5.78 Å². The molecule has 2 nitrogen and oxygen atoms in total. The number of hydrogen-bond acceptors (Lipinski definition) is 2. The third-order valence-corrected chi connectivity index (χ3v) is 6.03. The minimum atomic E-state index is 0.0322. The van der Waals surface area contributed by atoms with E-state index in [9.17, 15) is 9.90 Å². The number of hydrogen-bond donors (Lipinski definition) is 1. The van der Waals surface area contributed by atoms with Crippen molar-refractivity contribution >= 4 is 34.6 Å². The van der Waals surface area contributed by atoms with Crippen LogP contribution in [0.4, 0.5) is 0 Å². The molecular formula is C16H14Cl2O2. The highest BCUT2D eigenvalue weighted by molar-refractivity contribution is 6.44. The minimum Gasteiger partial charge on any atom is -0.506 e. The van der Waals surface area contributed by atoms with Crippen molar-refractivity contribution in [1.29, 1.82) is 0 Å². The summed E-state index contributed by atoms with van der Waals surface area (Å²) >= 11 is 12.4. The van der Waals surface area contributed by atoms with Crippen LogP contribution >= 0.6 is 23.2 Å². The van der Waals surface area contributed by atoms with E-state index < -0.39 is 0 Å². The predicted molar refractivity (Wildman–Crippen MR) is 79.2 cm³/mol. The van der Waals surface area contributed by atoms with Crippen molar-refractivity contribution < 1.29 is 9.90 Å². The van der Waals surface area contributed by atoms with Crippen LogP contribution in [-0.4, -0.2) is 10.9 Å². The number of fused-ring (bicyclic) bond motifs is 3. The molecule has 20 heavy (non-hydrogen) atoms. The number of carbonyl (C=O) groups is 1. The van der Waals surface area contributed by atoms with Gasteiger partial charge in [-0.05, 0) is 49.0 Å². The van der Waals surface area contributed by atoms with Gasteiger partial charge in [0.1, 0.15) is 10.8 Å². The van der Waals surface area contributed by atoms with Crippen LogP contribution in [-0.2, 0) is 11.2 Å². The average molecular weight is 309 g/mol. The van der Waals surface area contributed by atoms with Gasteiger partial charge in [-0.25, -0.2) is 0 Å². The number of carbonyl (C=O) groups excluding carboxylic acids is 1. The van der Waals surface area contributed by atoms with Gasteiger partial charge in [-0.3, -0.25) is 4.79 Å². The van der Waals surface area contributed by atoms with Gasteiger partial charge in [0.25, 0.3) is 0 Å². The van der Waals surface area contributed by atoms with Crippen LogP contribution in [0.2, 0.25) is 10.0 Å². The summed E-state index contributed by atoms with van der Waals surface area (Å²) in [6.45, 7) is 0. The van der Waals surface area contributed by atoms with Crippen molar-refractivity contribution in [3.05, 3.63) is 33.3 Å². The van der Waals surface area contributed by atoms with E-state index in [1.165, 1.54) is 0 Å². The first-order valence-corrected chi connectivity index (χ1v) is 7.74. The highest BCUT2D eigenvalue weighted by atomic mass is 35.5. The SMILES string of the molecule is O=C1C=C2c3c(cc(O)c(Cl)c3Cl)CC23CCCC1C3. The summed E-state index contributed by atoms with van der Waals surface area (Å²) in [5.74, 6) is 0.429. The zero-order chi connectivity index (χ0) is 14.1. The summed E-state index contributed by atoms with van der Waals surface area (Å²) in [4.78, 5) is 12.2. The fraction of sp³-hybridized carbons (Fsp3) is 0.438. The van der Waals surface area contributed by atoms with E-state index in [1.54, 1.807) is 12.1 Å². The Kier molecular flexibility index (Phi) is 2.56. The maximum Gasteiger partial charge on any atom is 0.159 e. The standard InChI is InChI=1S/C16H14Cl2O2/c17-14-12(20)4-9-7-16-3-1-2-8(6-16)11(19)5-10(16)13(9)15(14)18/h4-5,8,20H,1-3,6-7H2. The Hall–Kier alpha value is -0.990. The quantitative estimate of drug-likeness (QED) is 0.771. The normalized spacial score (nSPS) is 30.8. The number of allylic oxidation sites excluding steroid dienone is 2. The molecule has 2 bridgehead atoms. The van der Waals surface area contributed by atoms with E-state index in [1.807, 2.05) is 0 Å². The van der Waals surface area contributed by atoms with Gasteiger partial charge in [-0.2, -0.15) is 0 Å². The molecule has 0 saturated heterocycles. The van der Waals surface area contributed by atoms with Gasteiger partial charge in [0.05, 0.1) is 5.02 Å². The molecule has 1 spiro atoms. The molecule has 104 valence electrons. The molecule has 3 aliphatic rings. The van der Waals surface area contributed by atoms with Gasteiger partial charge < -0.3 is 5.11 Å². The first kappa shape index (κ1) is 12.7. The number of phenols is 1. The topological polar surface area (TPSA) is 37.3 Å². The molecule has 0 aromatic heterocycles. The molecule has 2 unspecified atom stereocenters. The van der Waals surface area contributed by atoms with Crippen molar-refractivity contribution in [2.75, 3.05) is 0 Å². The van der Waals surface area contributed by atoms with E-state index in [0.29, 0.717) is 5.02 Å². The van der Waals surface area contributed by atoms with Crippen molar-refractivity contribution in [1.82, 2.24) is 0 Å². The molecular weight excluding hydrogens is 295 g/mol. The van der Waals surface area contributed by atoms with Crippen LogP contribution < -0.4 is 0 Å². The molecule has 1 saturated carbocycles. The first-order valence-electron chi connectivity index (χ1n) is 6.98. The zero-order valence-electron chi connectivity index (χ0n) is 10.9. The van der Waals surface area contributed by atoms with Crippen LogP contribution in [0.3, 0.4) is 0 Å². The maximum absolute atomic E-state index is 12.2. The number of benzene rings is 1. The third kappa shape index (κ3) is 1.49. The lowest BCUT2D eigenvalue weighted by Gasteiger charge is -2.42. The minimum absolute atomic E-state index is 0.0322. The second kappa shape index (κ2) is 4.02. The lowest BCUT2D eigenvalue weighted by atomic mass is 9.61. The zero-order valence-corrected chi connectivity index (χ0v) is 12.4. The van der Waals surface area contributed by atoms with Gasteiger partial charge in [-0.15, -0.1) is 0 Å². The number of ketones is 1. The van der Waals surface area contributed by atoms with Gasteiger partial charge in [-0.1, -0.05) is 29.6 Å². The molecule has 4 rings (SSSR count). The lowest BCUT2D eigenvalue weighted by Crippen LogP contribution is -2.35.